The molecule has 1 aromatic rings. The van der Waals surface area contributed by atoms with Gasteiger partial charge in [-0.25, -0.2) is 4.79 Å². The van der Waals surface area contributed by atoms with Gasteiger partial charge in [-0.15, -0.1) is 0 Å². The second-order valence-corrected chi connectivity index (χ2v) is 8.61. The molecule has 1 amide bonds. The van der Waals surface area contributed by atoms with Crippen LogP contribution in [0.3, 0.4) is 0 Å². The summed E-state index contributed by atoms with van der Waals surface area (Å²) in [5, 5.41) is 6.37. The number of likely N-dealkylation sites (tertiary alicyclic amines) is 1. The van der Waals surface area contributed by atoms with E-state index in [4.69, 9.17) is 9.47 Å². The average Bonchev–Trinajstić information content (AvgIpc) is 3.06. The van der Waals surface area contributed by atoms with Crippen molar-refractivity contribution in [2.24, 2.45) is 4.99 Å². The Kier molecular flexibility index (Phi) is 8.17. The Morgan fingerprint density at radius 3 is 2.55 bits per heavy atom. The van der Waals surface area contributed by atoms with Gasteiger partial charge in [-0.05, 0) is 65.2 Å². The van der Waals surface area contributed by atoms with Crippen molar-refractivity contribution < 1.29 is 14.3 Å². The first-order valence-electron chi connectivity index (χ1n) is 10.4. The highest BCUT2D eigenvalue weighted by atomic mass is 16.6. The van der Waals surface area contributed by atoms with Crippen molar-refractivity contribution in [2.75, 3.05) is 26.7 Å². The average molecular weight is 405 g/mol. The number of nitrogens with zero attached hydrogens (tertiary/aromatic N) is 2. The summed E-state index contributed by atoms with van der Waals surface area (Å²) in [6, 6.07) is 8.28. The highest BCUT2D eigenvalue weighted by Crippen LogP contribution is 2.14. The van der Waals surface area contributed by atoms with Crippen molar-refractivity contribution in [2.45, 2.75) is 65.2 Å². The molecular formula is C22H36N4O3. The molecule has 162 valence electrons. The number of hydrogen-bond donors (Lipinski definition) is 2. The molecule has 1 aliphatic heterocycles. The Bertz CT molecular complexity index is 680. The predicted molar refractivity (Wildman–Crippen MR) is 117 cm³/mol. The van der Waals surface area contributed by atoms with Crippen LogP contribution in [0.1, 0.15) is 46.6 Å². The molecule has 1 heterocycles. The number of nitrogens with one attached hydrogen (secondary N) is 2. The van der Waals surface area contributed by atoms with Gasteiger partial charge in [0, 0.05) is 26.7 Å². The maximum absolute atomic E-state index is 12.0. The molecule has 2 N–H and O–H groups in total. The largest absolute Gasteiger partial charge is 0.491 e. The monoisotopic (exact) mass is 404 g/mol. The maximum atomic E-state index is 12.0. The summed E-state index contributed by atoms with van der Waals surface area (Å²) in [4.78, 5) is 18.5. The fraction of sp³-hybridized carbons (Fsp3) is 0.636. The van der Waals surface area contributed by atoms with Crippen LogP contribution in [0.5, 0.6) is 5.75 Å². The van der Waals surface area contributed by atoms with Gasteiger partial charge in [0.15, 0.2) is 5.96 Å². The lowest BCUT2D eigenvalue weighted by Gasteiger charge is -2.23. The Morgan fingerprint density at radius 1 is 1.28 bits per heavy atom. The quantitative estimate of drug-likeness (QED) is 0.563. The van der Waals surface area contributed by atoms with Crippen LogP contribution in [0.2, 0.25) is 0 Å². The van der Waals surface area contributed by atoms with Gasteiger partial charge in [-0.3, -0.25) is 4.99 Å². The molecule has 0 radical (unpaired) electrons. The van der Waals surface area contributed by atoms with Gasteiger partial charge in [-0.2, -0.15) is 0 Å². The number of amides is 1. The van der Waals surface area contributed by atoms with Crippen LogP contribution in [-0.2, 0) is 11.2 Å². The van der Waals surface area contributed by atoms with Gasteiger partial charge < -0.3 is 25.0 Å². The number of carbonyl (C=O) groups is 1. The van der Waals surface area contributed by atoms with Crippen LogP contribution >= 0.6 is 0 Å². The van der Waals surface area contributed by atoms with E-state index >= 15 is 0 Å². The third kappa shape index (κ3) is 8.21. The number of alkyl carbamates (subject to hydrolysis) is 1. The van der Waals surface area contributed by atoms with Crippen molar-refractivity contribution in [1.82, 2.24) is 15.5 Å². The molecule has 1 aliphatic rings. The molecule has 1 atom stereocenters. The zero-order chi connectivity index (χ0) is 21.4. The van der Waals surface area contributed by atoms with E-state index in [1.807, 2.05) is 46.8 Å². The topological polar surface area (TPSA) is 75.2 Å². The third-order valence-electron chi connectivity index (χ3n) is 4.41. The van der Waals surface area contributed by atoms with Crippen LogP contribution in [0.25, 0.3) is 0 Å². The van der Waals surface area contributed by atoms with Gasteiger partial charge in [0.1, 0.15) is 11.4 Å². The predicted octanol–water partition coefficient (Wildman–Crippen LogP) is 3.19. The molecule has 1 fully saturated rings. The summed E-state index contributed by atoms with van der Waals surface area (Å²) >= 11 is 0. The summed E-state index contributed by atoms with van der Waals surface area (Å²) in [7, 11) is 1.79. The lowest BCUT2D eigenvalue weighted by molar-refractivity contribution is 0.0507. The molecule has 1 saturated heterocycles. The molecule has 7 heteroatoms. The van der Waals surface area contributed by atoms with E-state index in [2.05, 4.69) is 32.7 Å². The van der Waals surface area contributed by atoms with Crippen LogP contribution in [0.15, 0.2) is 29.3 Å². The number of aliphatic imine (C=N–C) groups is 1. The molecule has 0 saturated carbocycles. The Morgan fingerprint density at radius 2 is 1.97 bits per heavy atom. The molecule has 29 heavy (non-hydrogen) atoms. The lowest BCUT2D eigenvalue weighted by atomic mass is 10.1. The van der Waals surface area contributed by atoms with Crippen LogP contribution < -0.4 is 15.4 Å². The summed E-state index contributed by atoms with van der Waals surface area (Å²) in [5.41, 5.74) is 0.758. The molecular weight excluding hydrogens is 368 g/mol. The maximum Gasteiger partial charge on any atom is 0.407 e. The van der Waals surface area contributed by atoms with E-state index in [0.29, 0.717) is 0 Å². The fourth-order valence-electron chi connectivity index (χ4n) is 3.20. The van der Waals surface area contributed by atoms with Gasteiger partial charge >= 0.3 is 6.09 Å². The van der Waals surface area contributed by atoms with Crippen molar-refractivity contribution >= 4 is 12.1 Å². The Balaban J connectivity index is 1.75. The van der Waals surface area contributed by atoms with Gasteiger partial charge in [0.2, 0.25) is 0 Å². The Hall–Kier alpha value is -2.44. The standard InChI is InChI=1S/C22H36N4O3/c1-16(2)28-19-9-7-17(8-10-19)11-13-24-20(23-6)26-14-12-18(15-26)25-21(27)29-22(3,4)5/h7-10,16,18H,11-15H2,1-6H3,(H,23,24)(H,25,27). The van der Waals surface area contributed by atoms with Crippen LogP contribution in [0, 0.1) is 0 Å². The number of guanidine groups is 1. The third-order valence-corrected chi connectivity index (χ3v) is 4.41. The summed E-state index contributed by atoms with van der Waals surface area (Å²) in [6.07, 6.45) is 1.59. The van der Waals surface area contributed by atoms with Crippen molar-refractivity contribution in [3.8, 4) is 5.75 Å². The highest BCUT2D eigenvalue weighted by Gasteiger charge is 2.27. The van der Waals surface area contributed by atoms with E-state index in [-0.39, 0.29) is 18.2 Å². The molecule has 2 rings (SSSR count). The Labute approximate surface area is 174 Å². The number of benzene rings is 1. The first-order chi connectivity index (χ1) is 13.7. The minimum absolute atomic E-state index is 0.0666. The summed E-state index contributed by atoms with van der Waals surface area (Å²) < 4.78 is 11.0. The van der Waals surface area contributed by atoms with Gasteiger partial charge in [-0.1, -0.05) is 12.1 Å². The SMILES string of the molecule is CN=C(NCCc1ccc(OC(C)C)cc1)N1CCC(NC(=O)OC(C)(C)C)C1. The molecule has 7 nitrogen and oxygen atoms in total. The van der Waals surface area contributed by atoms with E-state index < -0.39 is 5.60 Å². The number of rotatable bonds is 6. The van der Waals surface area contributed by atoms with Gasteiger partial charge in [0.05, 0.1) is 12.1 Å². The first kappa shape index (κ1) is 22.8. The molecule has 0 spiro atoms. The first-order valence-corrected chi connectivity index (χ1v) is 10.4. The fourth-order valence-corrected chi connectivity index (χ4v) is 3.20. The van der Waals surface area contributed by atoms with E-state index in [0.717, 1.165) is 44.2 Å². The lowest BCUT2D eigenvalue weighted by Crippen LogP contribution is -2.44. The highest BCUT2D eigenvalue weighted by molar-refractivity contribution is 5.80. The number of hydrogen-bond acceptors (Lipinski definition) is 4. The minimum atomic E-state index is -0.487. The zero-order valence-corrected chi connectivity index (χ0v) is 18.6. The molecule has 0 aliphatic carbocycles. The van der Waals surface area contributed by atoms with Crippen LogP contribution in [0.4, 0.5) is 4.79 Å². The molecule has 1 unspecified atom stereocenters. The van der Waals surface area contributed by atoms with Crippen molar-refractivity contribution in [3.05, 3.63) is 29.8 Å². The second kappa shape index (κ2) is 10.4. The number of carbonyl (C=O) groups excluding carboxylic acids is 1. The van der Waals surface area contributed by atoms with Gasteiger partial charge in [0.25, 0.3) is 0 Å². The molecule has 0 aromatic heterocycles. The number of ether oxygens (including phenoxy) is 2. The normalized spacial score (nSPS) is 17.4. The van der Waals surface area contributed by atoms with E-state index in [1.165, 1.54) is 5.56 Å². The molecule has 1 aromatic carbocycles. The minimum Gasteiger partial charge on any atom is -0.491 e. The summed E-state index contributed by atoms with van der Waals surface area (Å²) in [5.74, 6) is 1.76. The van der Waals surface area contributed by atoms with Crippen molar-refractivity contribution in [1.29, 1.82) is 0 Å². The van der Waals surface area contributed by atoms with E-state index in [9.17, 15) is 4.79 Å². The second-order valence-electron chi connectivity index (χ2n) is 8.61. The molecule has 0 bridgehead atoms. The van der Waals surface area contributed by atoms with Crippen molar-refractivity contribution in [3.63, 3.8) is 0 Å². The summed E-state index contributed by atoms with van der Waals surface area (Å²) in [6.45, 7) is 12.0. The zero-order valence-electron chi connectivity index (χ0n) is 18.6. The smallest absolute Gasteiger partial charge is 0.407 e. The van der Waals surface area contributed by atoms with Crippen LogP contribution in [-0.4, -0.2) is 61.4 Å². The van der Waals surface area contributed by atoms with E-state index in [1.54, 1.807) is 7.05 Å².